The number of hydrogen-bond acceptors (Lipinski definition) is 4. The van der Waals surface area contributed by atoms with E-state index in [4.69, 9.17) is 10.5 Å². The van der Waals surface area contributed by atoms with Crippen LogP contribution < -0.4 is 15.4 Å². The van der Waals surface area contributed by atoms with Gasteiger partial charge in [-0.15, -0.1) is 0 Å². The highest BCUT2D eigenvalue weighted by molar-refractivity contribution is 5.82. The van der Waals surface area contributed by atoms with Gasteiger partial charge in [-0.1, -0.05) is 12.8 Å². The van der Waals surface area contributed by atoms with Crippen molar-refractivity contribution >= 4 is 17.5 Å². The van der Waals surface area contributed by atoms with Crippen molar-refractivity contribution in [2.24, 2.45) is 5.73 Å². The molecule has 2 amide bonds. The third kappa shape index (κ3) is 5.44. The Morgan fingerprint density at radius 1 is 1.12 bits per heavy atom. The van der Waals surface area contributed by atoms with E-state index in [2.05, 4.69) is 0 Å². The van der Waals surface area contributed by atoms with Gasteiger partial charge in [0.05, 0.1) is 13.7 Å². The number of anilines is 1. The van der Waals surface area contributed by atoms with E-state index in [1.165, 1.54) is 12.8 Å². The molecule has 1 aliphatic heterocycles. The summed E-state index contributed by atoms with van der Waals surface area (Å²) >= 11 is 0. The van der Waals surface area contributed by atoms with Crippen molar-refractivity contribution in [1.82, 2.24) is 4.90 Å². The van der Waals surface area contributed by atoms with Crippen LogP contribution >= 0.6 is 0 Å². The Balaban J connectivity index is 2.06. The van der Waals surface area contributed by atoms with Gasteiger partial charge < -0.3 is 20.3 Å². The van der Waals surface area contributed by atoms with E-state index in [9.17, 15) is 9.59 Å². The molecule has 0 aliphatic carbocycles. The number of rotatable bonds is 7. The number of primary amides is 1. The van der Waals surface area contributed by atoms with E-state index < -0.39 is 0 Å². The molecule has 1 aliphatic rings. The predicted octanol–water partition coefficient (Wildman–Crippen LogP) is 1.78. The van der Waals surface area contributed by atoms with Gasteiger partial charge in [0.1, 0.15) is 5.75 Å². The van der Waals surface area contributed by atoms with E-state index in [0.717, 1.165) is 37.4 Å². The van der Waals surface area contributed by atoms with Crippen molar-refractivity contribution in [3.63, 3.8) is 0 Å². The average Bonchev–Trinajstić information content (AvgIpc) is 2.88. The summed E-state index contributed by atoms with van der Waals surface area (Å²) in [4.78, 5) is 27.6. The van der Waals surface area contributed by atoms with Crippen LogP contribution in [-0.4, -0.2) is 50.0 Å². The minimum atomic E-state index is -0.365. The lowest BCUT2D eigenvalue weighted by Crippen LogP contribution is -2.42. The average molecular weight is 333 g/mol. The molecule has 0 aromatic heterocycles. The fourth-order valence-corrected chi connectivity index (χ4v) is 2.92. The number of ether oxygens (including phenoxy) is 1. The molecule has 0 spiro atoms. The highest BCUT2D eigenvalue weighted by Gasteiger charge is 2.19. The zero-order valence-corrected chi connectivity index (χ0v) is 14.4. The molecule has 2 rings (SSSR count). The van der Waals surface area contributed by atoms with Crippen LogP contribution in [0.3, 0.4) is 0 Å². The maximum absolute atomic E-state index is 12.6. The number of benzene rings is 1. The molecule has 24 heavy (non-hydrogen) atoms. The highest BCUT2D eigenvalue weighted by Crippen LogP contribution is 2.20. The zero-order chi connectivity index (χ0) is 17.4. The van der Waals surface area contributed by atoms with Crippen LogP contribution in [0, 0.1) is 0 Å². The van der Waals surface area contributed by atoms with Crippen molar-refractivity contribution in [3.05, 3.63) is 24.3 Å². The molecule has 0 bridgehead atoms. The Hall–Kier alpha value is -2.24. The first-order valence-corrected chi connectivity index (χ1v) is 8.55. The summed E-state index contributed by atoms with van der Waals surface area (Å²) in [5.74, 6) is 0.500. The molecule has 1 fully saturated rings. The van der Waals surface area contributed by atoms with Gasteiger partial charge in [0.2, 0.25) is 11.8 Å². The third-order valence-electron chi connectivity index (χ3n) is 4.35. The van der Waals surface area contributed by atoms with Gasteiger partial charge >= 0.3 is 0 Å². The van der Waals surface area contributed by atoms with E-state index in [-0.39, 0.29) is 24.8 Å². The number of amides is 2. The van der Waals surface area contributed by atoms with Crippen LogP contribution in [0.25, 0.3) is 0 Å². The largest absolute Gasteiger partial charge is 0.497 e. The number of nitrogens with two attached hydrogens (primary N) is 1. The predicted molar refractivity (Wildman–Crippen MR) is 94.1 cm³/mol. The van der Waals surface area contributed by atoms with Gasteiger partial charge in [0.15, 0.2) is 0 Å². The van der Waals surface area contributed by atoms with Gasteiger partial charge in [-0.25, -0.2) is 0 Å². The first-order chi connectivity index (χ1) is 11.6. The summed E-state index contributed by atoms with van der Waals surface area (Å²) in [6, 6.07) is 7.50. The molecule has 0 atom stereocenters. The number of likely N-dealkylation sites (tertiary alicyclic amines) is 1. The fraction of sp³-hybridized carbons (Fsp3) is 0.556. The summed E-state index contributed by atoms with van der Waals surface area (Å²) in [5, 5.41) is 0. The summed E-state index contributed by atoms with van der Waals surface area (Å²) in [6.07, 6.45) is 4.73. The molecule has 0 radical (unpaired) electrons. The van der Waals surface area contributed by atoms with Crippen LogP contribution in [-0.2, 0) is 9.59 Å². The quantitative estimate of drug-likeness (QED) is 0.825. The second kappa shape index (κ2) is 9.15. The van der Waals surface area contributed by atoms with Crippen LogP contribution in [0.5, 0.6) is 5.75 Å². The molecule has 132 valence electrons. The monoisotopic (exact) mass is 333 g/mol. The maximum atomic E-state index is 12.6. The van der Waals surface area contributed by atoms with Gasteiger partial charge in [0, 0.05) is 31.7 Å². The maximum Gasteiger partial charge on any atom is 0.242 e. The second-order valence-electron chi connectivity index (χ2n) is 6.13. The van der Waals surface area contributed by atoms with Crippen LogP contribution in [0.15, 0.2) is 24.3 Å². The van der Waals surface area contributed by atoms with Gasteiger partial charge in [-0.3, -0.25) is 9.59 Å². The van der Waals surface area contributed by atoms with Gasteiger partial charge in [0.25, 0.3) is 0 Å². The minimum Gasteiger partial charge on any atom is -0.497 e. The topological polar surface area (TPSA) is 75.9 Å². The summed E-state index contributed by atoms with van der Waals surface area (Å²) < 4.78 is 5.17. The summed E-state index contributed by atoms with van der Waals surface area (Å²) in [6.45, 7) is 2.34. The zero-order valence-electron chi connectivity index (χ0n) is 14.4. The van der Waals surface area contributed by atoms with Gasteiger partial charge in [-0.2, -0.15) is 0 Å². The van der Waals surface area contributed by atoms with Crippen LogP contribution in [0.1, 0.15) is 32.1 Å². The number of methoxy groups -OCH3 is 1. The summed E-state index contributed by atoms with van der Waals surface area (Å²) in [5.41, 5.74) is 6.17. The molecular formula is C18H27N3O3. The lowest BCUT2D eigenvalue weighted by Gasteiger charge is -2.28. The normalized spacial score (nSPS) is 14.8. The van der Waals surface area contributed by atoms with Crippen molar-refractivity contribution < 1.29 is 14.3 Å². The Labute approximate surface area is 143 Å². The van der Waals surface area contributed by atoms with Crippen molar-refractivity contribution in [3.8, 4) is 5.75 Å². The smallest absolute Gasteiger partial charge is 0.242 e. The summed E-state index contributed by atoms with van der Waals surface area (Å²) in [7, 11) is 1.61. The van der Waals surface area contributed by atoms with Crippen LogP contribution in [0.4, 0.5) is 5.69 Å². The van der Waals surface area contributed by atoms with Crippen molar-refractivity contribution in [2.75, 3.05) is 38.2 Å². The standard InChI is InChI=1S/C18H27N3O3/c1-24-16-8-6-15(7-9-16)21(13-10-17(19)22)14-18(23)20-11-4-2-3-5-12-20/h6-9H,2-5,10-14H2,1H3,(H2,19,22). The molecule has 2 N–H and O–H groups in total. The Bertz CT molecular complexity index is 537. The Morgan fingerprint density at radius 2 is 1.75 bits per heavy atom. The fourth-order valence-electron chi connectivity index (χ4n) is 2.92. The number of nitrogens with zero attached hydrogens (tertiary/aromatic N) is 2. The molecule has 0 saturated carbocycles. The molecule has 1 aromatic rings. The van der Waals surface area contributed by atoms with Crippen molar-refractivity contribution in [2.45, 2.75) is 32.1 Å². The lowest BCUT2D eigenvalue weighted by atomic mass is 10.2. The van der Waals surface area contributed by atoms with Gasteiger partial charge in [-0.05, 0) is 37.1 Å². The van der Waals surface area contributed by atoms with E-state index >= 15 is 0 Å². The van der Waals surface area contributed by atoms with Crippen LogP contribution in [0.2, 0.25) is 0 Å². The minimum absolute atomic E-state index is 0.109. The van der Waals surface area contributed by atoms with E-state index in [1.54, 1.807) is 7.11 Å². The number of hydrogen-bond donors (Lipinski definition) is 1. The molecule has 6 heteroatoms. The first-order valence-electron chi connectivity index (χ1n) is 8.55. The Morgan fingerprint density at radius 3 is 2.29 bits per heavy atom. The first kappa shape index (κ1) is 18.1. The molecular weight excluding hydrogens is 306 g/mol. The third-order valence-corrected chi connectivity index (χ3v) is 4.35. The lowest BCUT2D eigenvalue weighted by molar-refractivity contribution is -0.129. The number of carbonyl (C=O) groups excluding carboxylic acids is 2. The molecule has 0 unspecified atom stereocenters. The van der Waals surface area contributed by atoms with Crippen molar-refractivity contribution in [1.29, 1.82) is 0 Å². The number of carbonyl (C=O) groups is 2. The SMILES string of the molecule is COc1ccc(N(CCC(N)=O)CC(=O)N2CCCCCC2)cc1. The highest BCUT2D eigenvalue weighted by atomic mass is 16.5. The molecule has 1 aromatic carbocycles. The molecule has 1 saturated heterocycles. The molecule has 6 nitrogen and oxygen atoms in total. The van der Waals surface area contributed by atoms with E-state index in [0.29, 0.717) is 6.54 Å². The second-order valence-corrected chi connectivity index (χ2v) is 6.13. The Kier molecular flexibility index (Phi) is 6.90. The molecule has 1 heterocycles. The van der Waals surface area contributed by atoms with E-state index in [1.807, 2.05) is 34.1 Å².